The summed E-state index contributed by atoms with van der Waals surface area (Å²) < 4.78 is 0. The van der Waals surface area contributed by atoms with Crippen molar-refractivity contribution in [2.24, 2.45) is 0 Å². The molecule has 0 aromatic heterocycles. The van der Waals surface area contributed by atoms with Crippen LogP contribution in [0.5, 0.6) is 0 Å². The summed E-state index contributed by atoms with van der Waals surface area (Å²) in [5.74, 6) is -0.310. The molecule has 1 amide bonds. The molecule has 2 N–H and O–H groups in total. The molecular formula is C21H17Cl2NO2. The average molecular weight is 386 g/mol. The Labute approximate surface area is 162 Å². The topological polar surface area (TPSA) is 49.3 Å². The van der Waals surface area contributed by atoms with E-state index in [-0.39, 0.29) is 5.91 Å². The molecule has 5 heteroatoms. The smallest absolute Gasteiger partial charge is 0.255 e. The molecule has 132 valence electrons. The second kappa shape index (κ2) is 7.92. The standard InChI is InChI=1S/C21H17Cl2NO2/c1-13-7-8-15(11-18(13)23)21(26)24-19-10-9-16(22)12-17(19)20(25)14-5-3-2-4-6-14/h2-12,20,25H,1H3,(H,24,26). The number of aryl methyl sites for hydroxylation is 1. The lowest BCUT2D eigenvalue weighted by Gasteiger charge is -2.17. The third kappa shape index (κ3) is 4.07. The van der Waals surface area contributed by atoms with E-state index in [1.54, 1.807) is 36.4 Å². The van der Waals surface area contributed by atoms with Gasteiger partial charge in [0.15, 0.2) is 0 Å². The van der Waals surface area contributed by atoms with Crippen LogP contribution in [-0.4, -0.2) is 11.0 Å². The van der Waals surface area contributed by atoms with Crippen molar-refractivity contribution < 1.29 is 9.90 Å². The number of rotatable bonds is 4. The average Bonchev–Trinajstić information content (AvgIpc) is 2.65. The van der Waals surface area contributed by atoms with Crippen molar-refractivity contribution in [1.29, 1.82) is 0 Å². The van der Waals surface area contributed by atoms with Crippen LogP contribution >= 0.6 is 23.2 Å². The van der Waals surface area contributed by atoms with Gasteiger partial charge in [0.2, 0.25) is 0 Å². The van der Waals surface area contributed by atoms with Gasteiger partial charge in [-0.1, -0.05) is 59.6 Å². The van der Waals surface area contributed by atoms with E-state index in [1.807, 2.05) is 37.3 Å². The van der Waals surface area contributed by atoms with E-state index in [4.69, 9.17) is 23.2 Å². The fraction of sp³-hybridized carbons (Fsp3) is 0.0952. The van der Waals surface area contributed by atoms with E-state index in [9.17, 15) is 9.90 Å². The van der Waals surface area contributed by atoms with Crippen LogP contribution in [-0.2, 0) is 0 Å². The van der Waals surface area contributed by atoms with Crippen molar-refractivity contribution in [1.82, 2.24) is 0 Å². The van der Waals surface area contributed by atoms with Gasteiger partial charge in [0.05, 0.1) is 0 Å². The third-order valence-electron chi connectivity index (χ3n) is 4.11. The van der Waals surface area contributed by atoms with Crippen LogP contribution in [0.1, 0.15) is 33.2 Å². The third-order valence-corrected chi connectivity index (χ3v) is 4.75. The predicted molar refractivity (Wildman–Crippen MR) is 106 cm³/mol. The maximum Gasteiger partial charge on any atom is 0.255 e. The molecule has 3 aromatic carbocycles. The van der Waals surface area contributed by atoms with Gasteiger partial charge in [-0.2, -0.15) is 0 Å². The molecule has 0 aliphatic rings. The van der Waals surface area contributed by atoms with E-state index >= 15 is 0 Å². The van der Waals surface area contributed by atoms with E-state index in [0.29, 0.717) is 32.4 Å². The summed E-state index contributed by atoms with van der Waals surface area (Å²) >= 11 is 12.2. The fourth-order valence-corrected chi connectivity index (χ4v) is 2.98. The summed E-state index contributed by atoms with van der Waals surface area (Å²) in [7, 11) is 0. The minimum atomic E-state index is -0.910. The summed E-state index contributed by atoms with van der Waals surface area (Å²) in [5, 5.41) is 14.6. The molecule has 0 aliphatic heterocycles. The Morgan fingerprint density at radius 2 is 1.73 bits per heavy atom. The zero-order valence-corrected chi connectivity index (χ0v) is 15.6. The summed E-state index contributed by atoms with van der Waals surface area (Å²) in [6.07, 6.45) is -0.910. The SMILES string of the molecule is Cc1ccc(C(=O)Nc2ccc(Cl)cc2C(O)c2ccccc2)cc1Cl. The largest absolute Gasteiger partial charge is 0.384 e. The molecule has 3 rings (SSSR count). The van der Waals surface area contributed by atoms with Gasteiger partial charge < -0.3 is 10.4 Å². The Bertz CT molecular complexity index is 942. The molecule has 0 heterocycles. The Morgan fingerprint density at radius 1 is 1.00 bits per heavy atom. The first-order chi connectivity index (χ1) is 12.5. The van der Waals surface area contributed by atoms with Gasteiger partial charge in [0.1, 0.15) is 6.10 Å². The summed E-state index contributed by atoms with van der Waals surface area (Å²) in [5.41, 5.74) is 3.07. The lowest BCUT2D eigenvalue weighted by Crippen LogP contribution is -2.15. The number of hydrogen-bond acceptors (Lipinski definition) is 2. The molecule has 1 unspecified atom stereocenters. The molecule has 0 saturated carbocycles. The van der Waals surface area contributed by atoms with Crippen molar-refractivity contribution in [2.45, 2.75) is 13.0 Å². The summed E-state index contributed by atoms with van der Waals surface area (Å²) in [4.78, 5) is 12.6. The molecule has 0 radical (unpaired) electrons. The van der Waals surface area contributed by atoms with Crippen molar-refractivity contribution in [2.75, 3.05) is 5.32 Å². The quantitative estimate of drug-likeness (QED) is 0.610. The van der Waals surface area contributed by atoms with Gasteiger partial charge in [-0.3, -0.25) is 4.79 Å². The van der Waals surface area contributed by atoms with Gasteiger partial charge in [0, 0.05) is 26.9 Å². The number of aliphatic hydroxyl groups is 1. The van der Waals surface area contributed by atoms with Crippen molar-refractivity contribution in [3.05, 3.63) is 99.0 Å². The fourth-order valence-electron chi connectivity index (χ4n) is 2.62. The van der Waals surface area contributed by atoms with Crippen molar-refractivity contribution in [3.63, 3.8) is 0 Å². The highest BCUT2D eigenvalue weighted by molar-refractivity contribution is 6.32. The number of carbonyl (C=O) groups excluding carboxylic acids is 1. The van der Waals surface area contributed by atoms with Gasteiger partial charge in [-0.05, 0) is 48.4 Å². The van der Waals surface area contributed by atoms with Crippen LogP contribution in [0.4, 0.5) is 5.69 Å². The molecular weight excluding hydrogens is 369 g/mol. The van der Waals surface area contributed by atoms with Crippen LogP contribution in [0.15, 0.2) is 66.7 Å². The first kappa shape index (κ1) is 18.5. The van der Waals surface area contributed by atoms with Crippen LogP contribution < -0.4 is 5.32 Å². The monoisotopic (exact) mass is 385 g/mol. The maximum atomic E-state index is 12.6. The van der Waals surface area contributed by atoms with Gasteiger partial charge >= 0.3 is 0 Å². The van der Waals surface area contributed by atoms with Crippen LogP contribution in [0.25, 0.3) is 0 Å². The molecule has 3 aromatic rings. The highest BCUT2D eigenvalue weighted by atomic mass is 35.5. The van der Waals surface area contributed by atoms with Crippen molar-refractivity contribution in [3.8, 4) is 0 Å². The Balaban J connectivity index is 1.92. The molecule has 0 bridgehead atoms. The molecule has 3 nitrogen and oxygen atoms in total. The number of anilines is 1. The first-order valence-electron chi connectivity index (χ1n) is 8.05. The minimum Gasteiger partial charge on any atom is -0.384 e. The Morgan fingerprint density at radius 3 is 2.42 bits per heavy atom. The molecule has 26 heavy (non-hydrogen) atoms. The van der Waals surface area contributed by atoms with Crippen LogP contribution in [0, 0.1) is 6.92 Å². The van der Waals surface area contributed by atoms with Crippen molar-refractivity contribution >= 4 is 34.8 Å². The maximum absolute atomic E-state index is 12.6. The number of carbonyl (C=O) groups is 1. The number of nitrogens with one attached hydrogen (secondary N) is 1. The normalized spacial score (nSPS) is 11.8. The first-order valence-corrected chi connectivity index (χ1v) is 8.81. The number of amides is 1. The molecule has 0 saturated heterocycles. The van der Waals surface area contributed by atoms with Crippen LogP contribution in [0.3, 0.4) is 0 Å². The van der Waals surface area contributed by atoms with E-state index in [2.05, 4.69) is 5.32 Å². The highest BCUT2D eigenvalue weighted by Gasteiger charge is 2.17. The lowest BCUT2D eigenvalue weighted by molar-refractivity contribution is 0.102. The number of hydrogen-bond donors (Lipinski definition) is 2. The summed E-state index contributed by atoms with van der Waals surface area (Å²) in [6, 6.07) is 19.3. The number of halogens is 2. The zero-order chi connectivity index (χ0) is 18.7. The zero-order valence-electron chi connectivity index (χ0n) is 14.0. The van der Waals surface area contributed by atoms with Crippen LogP contribution in [0.2, 0.25) is 10.0 Å². The minimum absolute atomic E-state index is 0.310. The van der Waals surface area contributed by atoms with E-state index in [0.717, 1.165) is 5.56 Å². The number of aliphatic hydroxyl groups excluding tert-OH is 1. The van der Waals surface area contributed by atoms with Gasteiger partial charge in [-0.15, -0.1) is 0 Å². The lowest BCUT2D eigenvalue weighted by atomic mass is 9.99. The Hall–Kier alpha value is -2.33. The molecule has 0 aliphatic carbocycles. The molecule has 0 spiro atoms. The highest BCUT2D eigenvalue weighted by Crippen LogP contribution is 2.31. The molecule has 1 atom stereocenters. The molecule has 0 fully saturated rings. The van der Waals surface area contributed by atoms with Gasteiger partial charge in [0.25, 0.3) is 5.91 Å². The second-order valence-electron chi connectivity index (χ2n) is 5.96. The number of benzene rings is 3. The predicted octanol–water partition coefficient (Wildman–Crippen LogP) is 5.64. The van der Waals surface area contributed by atoms with Gasteiger partial charge in [-0.25, -0.2) is 0 Å². The van der Waals surface area contributed by atoms with E-state index < -0.39 is 6.10 Å². The summed E-state index contributed by atoms with van der Waals surface area (Å²) in [6.45, 7) is 1.87. The Kier molecular flexibility index (Phi) is 5.62. The second-order valence-corrected chi connectivity index (χ2v) is 6.81. The van der Waals surface area contributed by atoms with E-state index in [1.165, 1.54) is 0 Å².